The van der Waals surface area contributed by atoms with E-state index in [0.717, 1.165) is 5.56 Å². The molecule has 0 saturated carbocycles. The number of hydrogen-bond acceptors (Lipinski definition) is 8. The molecule has 51 heavy (non-hydrogen) atoms. The first-order valence-corrected chi connectivity index (χ1v) is 17.8. The number of hydrogen-bond donors (Lipinski definition) is 6. The number of carbonyl (C=O) groups is 5. The molecule has 14 nitrogen and oxygen atoms in total. The zero-order valence-corrected chi connectivity index (χ0v) is 31.7. The van der Waals surface area contributed by atoms with Gasteiger partial charge in [-0.1, -0.05) is 54.0 Å². The maximum absolute atomic E-state index is 13.8. The Labute approximate surface area is 302 Å². The second-order valence-corrected chi connectivity index (χ2v) is 14.3. The van der Waals surface area contributed by atoms with E-state index in [-0.39, 0.29) is 35.6 Å². The third-order valence-electron chi connectivity index (χ3n) is 8.14. The first-order valence-electron chi connectivity index (χ1n) is 17.8. The van der Waals surface area contributed by atoms with Crippen LogP contribution >= 0.6 is 0 Å². The standard InChI is InChI=1S/C37H58N8O6/c1-10-13-29(42-35(49)30(21-37(6,7)8)43-33(47)27-15-18-45(51-9)19-16-27)34(48)41-28(20-26-14-12-17-38-22-26)23-40-25(5)32(46)44-31(24(3)4)36(50)39-11-2/h12,14-19,22,24-25,28-31,40H,10-11,13,20-21,23H2,1-9H3,(H4-,39,41,42,43,44,46,47,48,49,50)/p+1/t25?,28-,29?,30-,31-/m0/s1. The van der Waals surface area contributed by atoms with Crippen molar-refractivity contribution in [2.24, 2.45) is 11.3 Å². The fourth-order valence-corrected chi connectivity index (χ4v) is 5.37. The first-order chi connectivity index (χ1) is 24.1. The highest BCUT2D eigenvalue weighted by Gasteiger charge is 2.31. The van der Waals surface area contributed by atoms with Crippen LogP contribution in [-0.4, -0.2) is 84.9 Å². The molecule has 6 N–H and O–H groups in total. The summed E-state index contributed by atoms with van der Waals surface area (Å²) >= 11 is 0. The van der Waals surface area contributed by atoms with Crippen LogP contribution in [0.1, 0.15) is 90.6 Å². The molecule has 2 aromatic rings. The van der Waals surface area contributed by atoms with Gasteiger partial charge in [0.05, 0.1) is 11.6 Å². The van der Waals surface area contributed by atoms with Gasteiger partial charge < -0.3 is 31.9 Å². The predicted molar refractivity (Wildman–Crippen MR) is 194 cm³/mol. The van der Waals surface area contributed by atoms with Crippen LogP contribution in [0.5, 0.6) is 0 Å². The topological polar surface area (TPSA) is 184 Å². The average Bonchev–Trinajstić information content (AvgIpc) is 3.08. The molecular weight excluding hydrogens is 652 g/mol. The van der Waals surface area contributed by atoms with Gasteiger partial charge in [-0.25, -0.2) is 0 Å². The predicted octanol–water partition coefficient (Wildman–Crippen LogP) is 1.23. The lowest BCUT2D eigenvalue weighted by molar-refractivity contribution is -0.885. The Morgan fingerprint density at radius 3 is 2.08 bits per heavy atom. The van der Waals surface area contributed by atoms with E-state index in [4.69, 9.17) is 4.84 Å². The molecule has 0 aliphatic heterocycles. The van der Waals surface area contributed by atoms with Gasteiger partial charge in [0.25, 0.3) is 5.91 Å². The van der Waals surface area contributed by atoms with Gasteiger partial charge in [0.2, 0.25) is 36.0 Å². The minimum Gasteiger partial charge on any atom is -0.355 e. The number of nitrogens with zero attached hydrogens (tertiary/aromatic N) is 2. The molecule has 0 aliphatic carbocycles. The van der Waals surface area contributed by atoms with Gasteiger partial charge in [0, 0.05) is 48.4 Å². The van der Waals surface area contributed by atoms with E-state index in [0.29, 0.717) is 37.8 Å². The molecule has 5 amide bonds. The average molecular weight is 712 g/mol. The van der Waals surface area contributed by atoms with Crippen molar-refractivity contribution in [2.45, 2.75) is 111 Å². The zero-order valence-electron chi connectivity index (χ0n) is 31.7. The number of nitrogens with one attached hydrogen (secondary N) is 6. The molecule has 0 aliphatic rings. The summed E-state index contributed by atoms with van der Waals surface area (Å²) in [6.45, 7) is 15.8. The Balaban J connectivity index is 2.20. The lowest BCUT2D eigenvalue weighted by Crippen LogP contribution is -2.58. The van der Waals surface area contributed by atoms with E-state index in [9.17, 15) is 24.0 Å². The van der Waals surface area contributed by atoms with E-state index in [1.165, 1.54) is 11.8 Å². The Bertz CT molecular complexity index is 1410. The molecule has 2 heterocycles. The fraction of sp³-hybridized carbons (Fsp3) is 0.595. The molecule has 2 rings (SSSR count). The Kier molecular flexibility index (Phi) is 17.5. The number of rotatable bonds is 20. The van der Waals surface area contributed by atoms with Crippen LogP contribution in [0.2, 0.25) is 0 Å². The first kappa shape index (κ1) is 42.6. The molecule has 14 heteroatoms. The molecule has 2 aromatic heterocycles. The van der Waals surface area contributed by atoms with Crippen molar-refractivity contribution in [1.82, 2.24) is 36.9 Å². The van der Waals surface area contributed by atoms with Gasteiger partial charge in [-0.05, 0) is 56.1 Å². The van der Waals surface area contributed by atoms with Crippen molar-refractivity contribution in [3.05, 3.63) is 60.2 Å². The quantitative estimate of drug-likeness (QED) is 0.111. The second kappa shape index (κ2) is 20.9. The summed E-state index contributed by atoms with van der Waals surface area (Å²) in [6, 6.07) is 3.26. The van der Waals surface area contributed by atoms with Crippen molar-refractivity contribution in [2.75, 3.05) is 20.2 Å². The second-order valence-electron chi connectivity index (χ2n) is 14.3. The number of pyridine rings is 2. The molecule has 0 bridgehead atoms. The van der Waals surface area contributed by atoms with E-state index in [1.54, 1.807) is 49.9 Å². The summed E-state index contributed by atoms with van der Waals surface area (Å²) < 4.78 is 1.44. The molecular formula is C37H59N8O6+. The summed E-state index contributed by atoms with van der Waals surface area (Å²) in [5.74, 6) is -1.98. The van der Waals surface area contributed by atoms with Crippen molar-refractivity contribution >= 4 is 29.5 Å². The molecule has 0 aromatic carbocycles. The monoisotopic (exact) mass is 711 g/mol. The van der Waals surface area contributed by atoms with Gasteiger partial charge >= 0.3 is 0 Å². The third kappa shape index (κ3) is 15.0. The highest BCUT2D eigenvalue weighted by molar-refractivity contribution is 5.98. The maximum Gasteiger partial charge on any atom is 0.252 e. The lowest BCUT2D eigenvalue weighted by Gasteiger charge is -2.29. The number of amides is 5. The van der Waals surface area contributed by atoms with Gasteiger partial charge in [-0.15, -0.1) is 0 Å². The van der Waals surface area contributed by atoms with Crippen molar-refractivity contribution in [1.29, 1.82) is 0 Å². The van der Waals surface area contributed by atoms with Crippen LogP contribution in [-0.2, 0) is 25.6 Å². The molecule has 282 valence electrons. The SMILES string of the molecule is CCCC(NC(=O)[C@H](CC(C)(C)C)NC(=O)c1cc[n+](OC)cc1)C(=O)N[C@H](CNC(C)C(=O)N[C@H](C(=O)NCC)C(C)C)Cc1cccnc1. The summed E-state index contributed by atoms with van der Waals surface area (Å²) in [6.07, 6.45) is 8.28. The largest absolute Gasteiger partial charge is 0.355 e. The smallest absolute Gasteiger partial charge is 0.252 e. The fourth-order valence-electron chi connectivity index (χ4n) is 5.37. The summed E-state index contributed by atoms with van der Waals surface area (Å²) in [7, 11) is 1.50. The number of carbonyl (C=O) groups excluding carboxylic acids is 5. The minimum absolute atomic E-state index is 0.117. The number of aromatic nitrogens is 2. The van der Waals surface area contributed by atoms with Gasteiger partial charge in [0.1, 0.15) is 25.2 Å². The van der Waals surface area contributed by atoms with Crippen molar-refractivity contribution < 1.29 is 33.5 Å². The van der Waals surface area contributed by atoms with Crippen LogP contribution in [0.4, 0.5) is 0 Å². The highest BCUT2D eigenvalue weighted by atomic mass is 16.6. The van der Waals surface area contributed by atoms with E-state index >= 15 is 0 Å². The summed E-state index contributed by atoms with van der Waals surface area (Å²) in [5, 5.41) is 17.6. The molecule has 0 radical (unpaired) electrons. The van der Waals surface area contributed by atoms with Crippen LogP contribution in [0.25, 0.3) is 0 Å². The van der Waals surface area contributed by atoms with Crippen LogP contribution in [0, 0.1) is 11.3 Å². The van der Waals surface area contributed by atoms with Gasteiger partial charge in [-0.3, -0.25) is 33.8 Å². The summed E-state index contributed by atoms with van der Waals surface area (Å²) in [5.41, 5.74) is 0.917. The molecule has 0 spiro atoms. The Morgan fingerprint density at radius 2 is 1.53 bits per heavy atom. The van der Waals surface area contributed by atoms with E-state index < -0.39 is 42.0 Å². The van der Waals surface area contributed by atoms with E-state index in [1.807, 2.05) is 54.5 Å². The lowest BCUT2D eigenvalue weighted by atomic mass is 9.87. The molecule has 5 atom stereocenters. The normalized spacial score (nSPS) is 14.3. The maximum atomic E-state index is 13.8. The molecule has 0 saturated heterocycles. The Hall–Kier alpha value is -4.59. The highest BCUT2D eigenvalue weighted by Crippen LogP contribution is 2.21. The zero-order chi connectivity index (χ0) is 38.1. The van der Waals surface area contributed by atoms with Crippen LogP contribution in [0.3, 0.4) is 0 Å². The van der Waals surface area contributed by atoms with Crippen LogP contribution < -0.4 is 41.5 Å². The van der Waals surface area contributed by atoms with Gasteiger partial charge in [-0.2, -0.15) is 0 Å². The third-order valence-corrected chi connectivity index (χ3v) is 8.14. The van der Waals surface area contributed by atoms with Crippen LogP contribution in [0.15, 0.2) is 49.1 Å². The molecule has 0 fully saturated rings. The van der Waals surface area contributed by atoms with Crippen molar-refractivity contribution in [3.63, 3.8) is 0 Å². The minimum atomic E-state index is -0.902. The Morgan fingerprint density at radius 1 is 0.863 bits per heavy atom. The summed E-state index contributed by atoms with van der Waals surface area (Å²) in [4.78, 5) is 75.6. The number of likely N-dealkylation sites (N-methyl/N-ethyl adjacent to an activating group) is 1. The van der Waals surface area contributed by atoms with E-state index in [2.05, 4.69) is 36.9 Å². The molecule has 2 unspecified atom stereocenters. The van der Waals surface area contributed by atoms with Gasteiger partial charge in [0.15, 0.2) is 0 Å². The van der Waals surface area contributed by atoms with Crippen molar-refractivity contribution in [3.8, 4) is 0 Å².